The zero-order valence-corrected chi connectivity index (χ0v) is 23.6. The minimum Gasteiger partial charge on any atom is -0.357 e. The van der Waals surface area contributed by atoms with Gasteiger partial charge in [-0.15, -0.1) is 59.3 Å². The summed E-state index contributed by atoms with van der Waals surface area (Å²) in [6.07, 6.45) is 7.83. The molecule has 45 heavy (non-hydrogen) atoms. The molecule has 6 heterocycles. The number of nitrogens with two attached hydrogens (primary N) is 6. The molecule has 6 aromatic heterocycles. The van der Waals surface area contributed by atoms with Crippen molar-refractivity contribution in [2.24, 2.45) is 0 Å². The molecule has 0 unspecified atom stereocenters. The minimum atomic E-state index is -2.85. The fraction of sp³-hybridized carbons (Fsp3) is 0. The quantitative estimate of drug-likeness (QED) is 0.0621. The van der Waals surface area contributed by atoms with Gasteiger partial charge in [-0.3, -0.25) is 0 Å². The Morgan fingerprint density at radius 2 is 0.444 bits per heavy atom. The number of nitrogens with zero attached hydrogens (tertiary/aromatic N) is 24. The van der Waals surface area contributed by atoms with Gasteiger partial charge in [0.2, 0.25) is 0 Å². The van der Waals surface area contributed by atoms with Crippen LogP contribution in [0.1, 0.15) is 0 Å². The molecule has 39 heteroatoms. The molecule has 0 saturated carbocycles. The van der Waals surface area contributed by atoms with Gasteiger partial charge in [0.05, 0.1) is 21.6 Å². The Morgan fingerprint density at radius 1 is 0.333 bits per heavy atom. The zero-order chi connectivity index (χ0) is 33.6. The first kappa shape index (κ1) is 43.5. The summed E-state index contributed by atoms with van der Waals surface area (Å²) in [5.41, 5.74) is 0. The monoisotopic (exact) mass is 739 g/mol. The van der Waals surface area contributed by atoms with E-state index in [0.29, 0.717) is 0 Å². The van der Waals surface area contributed by atoms with Crippen LogP contribution in [0.15, 0.2) is 38.0 Å². The Bertz CT molecular complexity index is 1020. The van der Waals surface area contributed by atoms with Crippen molar-refractivity contribution in [1.29, 1.82) is 0 Å². The molecular weight excluding hydrogens is 723 g/mol. The van der Waals surface area contributed by atoms with Crippen molar-refractivity contribution >= 4 is 0 Å². The van der Waals surface area contributed by atoms with E-state index in [2.05, 4.69) is 93.2 Å². The number of tetrazole rings is 6. The third-order valence-corrected chi connectivity index (χ3v) is 2.19. The second-order valence-corrected chi connectivity index (χ2v) is 5.87. The zero-order valence-electron chi connectivity index (χ0n) is 21.2. The SMILES string of the molecule is Nn1cnnn1.Nn1cnnn1.Nn1cnnn1.Nn1cnnn1.Nn1cnnn1.Nn1cnnn1.[Cu+2].[O-][Cl+2]([O-])[O-].[O-][Cl+2]([O-])[O-]. The van der Waals surface area contributed by atoms with E-state index in [-0.39, 0.29) is 17.1 Å². The van der Waals surface area contributed by atoms with E-state index in [1.54, 1.807) is 0 Å². The minimum absolute atomic E-state index is 0. The van der Waals surface area contributed by atoms with Crippen LogP contribution in [0, 0.1) is 21.6 Å². The van der Waals surface area contributed by atoms with Crippen molar-refractivity contribution in [2.75, 3.05) is 35.1 Å². The van der Waals surface area contributed by atoms with Gasteiger partial charge in [-0.25, -0.2) is 0 Å². The van der Waals surface area contributed by atoms with Crippen LogP contribution in [-0.4, -0.2) is 122 Å². The molecule has 0 aliphatic rings. The Labute approximate surface area is 261 Å². The smallest absolute Gasteiger partial charge is 0.357 e. The van der Waals surface area contributed by atoms with Crippen LogP contribution in [0.5, 0.6) is 0 Å². The number of halogens is 2. The van der Waals surface area contributed by atoms with Crippen LogP contribution in [0.25, 0.3) is 0 Å². The van der Waals surface area contributed by atoms with Crippen LogP contribution < -0.4 is 63.0 Å². The van der Waals surface area contributed by atoms with Crippen molar-refractivity contribution in [1.82, 2.24) is 122 Å². The summed E-state index contributed by atoms with van der Waals surface area (Å²) in [4.78, 5) is 6.17. The number of rotatable bonds is 0. The molecular formula is C6H18Cl2CuN30O6. The van der Waals surface area contributed by atoms with Crippen LogP contribution in [0.3, 0.4) is 0 Å². The maximum Gasteiger partial charge on any atom is 2.00 e. The standard InChI is InChI=1S/6CH3N5.2ClO3.Cu/c6*2-6-1-3-4-5-6;2*2-1(3)4;/h6*1H,2H2;;;/q;;;;;;2*-1;+2. The van der Waals surface area contributed by atoms with Crippen LogP contribution >= 0.6 is 0 Å². The maximum absolute atomic E-state index is 8.41. The molecule has 6 rings (SSSR count). The fourth-order valence-corrected chi connectivity index (χ4v) is 1.01. The summed E-state index contributed by atoms with van der Waals surface area (Å²) in [7, 11) is -5.70. The normalized spacial score (nSPS) is 8.53. The molecule has 0 fully saturated rings. The average molecular weight is 741 g/mol. The van der Waals surface area contributed by atoms with Crippen LogP contribution in [-0.2, 0) is 17.1 Å². The second kappa shape index (κ2) is 29.6. The van der Waals surface area contributed by atoms with E-state index in [1.807, 2.05) is 0 Å². The van der Waals surface area contributed by atoms with Crippen LogP contribution in [0.4, 0.5) is 0 Å². The van der Waals surface area contributed by atoms with Crippen LogP contribution in [0.2, 0.25) is 0 Å². The number of nitrogen functional groups attached to an aromatic ring is 6. The topological polar surface area (TPSA) is 556 Å². The van der Waals surface area contributed by atoms with Crippen molar-refractivity contribution in [3.63, 3.8) is 0 Å². The van der Waals surface area contributed by atoms with E-state index in [0.717, 1.165) is 28.7 Å². The van der Waals surface area contributed by atoms with Gasteiger partial charge in [-0.05, 0) is 62.6 Å². The van der Waals surface area contributed by atoms with E-state index >= 15 is 0 Å². The van der Waals surface area contributed by atoms with E-state index in [1.165, 1.54) is 38.0 Å². The van der Waals surface area contributed by atoms with Crippen molar-refractivity contribution in [3.05, 3.63) is 38.0 Å². The van der Waals surface area contributed by atoms with Gasteiger partial charge < -0.3 is 63.0 Å². The predicted molar refractivity (Wildman–Crippen MR) is 108 cm³/mol. The Kier molecular flexibility index (Phi) is 28.6. The first-order valence-corrected chi connectivity index (χ1v) is 11.0. The molecule has 1 radical (unpaired) electrons. The molecule has 0 atom stereocenters. The van der Waals surface area contributed by atoms with Gasteiger partial charge in [0, 0.05) is 0 Å². The van der Waals surface area contributed by atoms with Gasteiger partial charge in [0.25, 0.3) is 0 Å². The van der Waals surface area contributed by atoms with E-state index in [4.69, 9.17) is 63.0 Å². The first-order chi connectivity index (χ1) is 20.8. The molecule has 0 aromatic carbocycles. The van der Waals surface area contributed by atoms with Gasteiger partial charge in [-0.2, -0.15) is 0 Å². The third kappa shape index (κ3) is 38.1. The molecule has 253 valence electrons. The molecule has 0 bridgehead atoms. The fourth-order valence-electron chi connectivity index (χ4n) is 1.01. The van der Waals surface area contributed by atoms with Gasteiger partial charge in [0.1, 0.15) is 0 Å². The molecule has 0 aliphatic heterocycles. The molecule has 6 aromatic rings. The van der Waals surface area contributed by atoms with Crippen molar-refractivity contribution in [2.45, 2.75) is 0 Å². The summed E-state index contributed by atoms with van der Waals surface area (Å²) in [6.45, 7) is 0. The predicted octanol–water partition coefficient (Wildman–Crippen LogP) is -16.8. The van der Waals surface area contributed by atoms with Crippen molar-refractivity contribution in [3.8, 4) is 0 Å². The maximum atomic E-state index is 8.41. The Hall–Kier alpha value is -5.92. The van der Waals surface area contributed by atoms with Crippen molar-refractivity contribution < 1.29 is 66.6 Å². The number of aromatic nitrogens is 24. The molecule has 0 saturated heterocycles. The Balaban J connectivity index is -0.000000449. The second-order valence-electron chi connectivity index (χ2n) is 5.12. The summed E-state index contributed by atoms with van der Waals surface area (Å²) in [6, 6.07) is 0. The summed E-state index contributed by atoms with van der Waals surface area (Å²) >= 11 is 0. The Morgan fingerprint density at radius 3 is 0.467 bits per heavy atom. The third-order valence-electron chi connectivity index (χ3n) is 2.19. The van der Waals surface area contributed by atoms with Gasteiger partial charge in [-0.1, -0.05) is 0 Å². The molecule has 0 aliphatic carbocycles. The van der Waals surface area contributed by atoms with Gasteiger partial charge in [0.15, 0.2) is 38.0 Å². The number of hydrogen-bond donors (Lipinski definition) is 6. The summed E-state index contributed by atoms with van der Waals surface area (Å²) in [5.74, 6) is 29.7. The first-order valence-electron chi connectivity index (χ1n) is 9.17. The van der Waals surface area contributed by atoms with Gasteiger partial charge >= 0.3 is 17.1 Å². The number of hydrogen-bond acceptors (Lipinski definition) is 30. The summed E-state index contributed by atoms with van der Waals surface area (Å²) < 4.78 is 50.4. The molecule has 0 spiro atoms. The largest absolute Gasteiger partial charge is 2.00 e. The van der Waals surface area contributed by atoms with E-state index < -0.39 is 21.6 Å². The molecule has 36 nitrogen and oxygen atoms in total. The average Bonchev–Trinajstić information content (AvgIpc) is 3.76. The van der Waals surface area contributed by atoms with E-state index in [9.17, 15) is 0 Å². The molecule has 0 amide bonds. The molecule has 12 N–H and O–H groups in total. The summed E-state index contributed by atoms with van der Waals surface area (Å²) in [5, 5.41) is 58.3.